The normalized spacial score (nSPS) is 11.2. The van der Waals surface area contributed by atoms with E-state index >= 15 is 0 Å². The molecule has 116 valence electrons. The number of non-ortho nitro benzene ring substituents is 1. The molecule has 0 atom stereocenters. The summed E-state index contributed by atoms with van der Waals surface area (Å²) in [6.07, 6.45) is 0. The monoisotopic (exact) mass is 341 g/mol. The SMILES string of the molecule is NS(=O)(=O)c1cccc(CNc2ccc([N+](=O)[O-])cc2Cl)c1. The summed E-state index contributed by atoms with van der Waals surface area (Å²) in [6.45, 7) is 0.293. The van der Waals surface area contributed by atoms with Gasteiger partial charge in [-0.05, 0) is 23.8 Å². The maximum atomic E-state index is 11.3. The van der Waals surface area contributed by atoms with Crippen molar-refractivity contribution in [2.24, 2.45) is 5.14 Å². The van der Waals surface area contributed by atoms with Crippen molar-refractivity contribution in [3.63, 3.8) is 0 Å². The number of benzene rings is 2. The van der Waals surface area contributed by atoms with Crippen molar-refractivity contribution in [1.82, 2.24) is 0 Å². The third-order valence-corrected chi connectivity index (χ3v) is 4.10. The fraction of sp³-hybridized carbons (Fsp3) is 0.0769. The van der Waals surface area contributed by atoms with Gasteiger partial charge in [0.2, 0.25) is 10.0 Å². The Kier molecular flexibility index (Phi) is 4.65. The number of nitrogens with two attached hydrogens (primary N) is 1. The van der Waals surface area contributed by atoms with Crippen molar-refractivity contribution in [3.05, 3.63) is 63.2 Å². The maximum absolute atomic E-state index is 11.3. The minimum absolute atomic E-state index is 0.0154. The molecular formula is C13H12ClN3O4S. The van der Waals surface area contributed by atoms with E-state index in [1.165, 1.54) is 30.3 Å². The molecule has 0 amide bonds. The van der Waals surface area contributed by atoms with Gasteiger partial charge in [0.15, 0.2) is 0 Å². The van der Waals surface area contributed by atoms with Crippen LogP contribution in [-0.4, -0.2) is 13.3 Å². The van der Waals surface area contributed by atoms with Crippen molar-refractivity contribution < 1.29 is 13.3 Å². The van der Waals surface area contributed by atoms with Gasteiger partial charge >= 0.3 is 0 Å². The van der Waals surface area contributed by atoms with E-state index < -0.39 is 14.9 Å². The van der Waals surface area contributed by atoms with Crippen LogP contribution in [0.15, 0.2) is 47.4 Å². The highest BCUT2D eigenvalue weighted by molar-refractivity contribution is 7.89. The van der Waals surface area contributed by atoms with E-state index in [9.17, 15) is 18.5 Å². The highest BCUT2D eigenvalue weighted by atomic mass is 35.5. The summed E-state index contributed by atoms with van der Waals surface area (Å²) >= 11 is 5.96. The molecule has 0 aliphatic heterocycles. The Morgan fingerprint density at radius 1 is 1.23 bits per heavy atom. The molecule has 3 N–H and O–H groups in total. The number of nitro groups is 1. The Balaban J connectivity index is 2.15. The smallest absolute Gasteiger partial charge is 0.271 e. The lowest BCUT2D eigenvalue weighted by molar-refractivity contribution is -0.384. The summed E-state index contributed by atoms with van der Waals surface area (Å²) < 4.78 is 22.6. The number of rotatable bonds is 5. The zero-order valence-electron chi connectivity index (χ0n) is 11.2. The first-order valence-electron chi connectivity index (χ1n) is 6.07. The summed E-state index contributed by atoms with van der Waals surface area (Å²) in [7, 11) is -3.76. The van der Waals surface area contributed by atoms with Crippen LogP contribution >= 0.6 is 11.6 Å². The van der Waals surface area contributed by atoms with Crippen molar-refractivity contribution >= 4 is 33.0 Å². The van der Waals surface area contributed by atoms with Gasteiger partial charge in [0, 0.05) is 18.7 Å². The molecular weight excluding hydrogens is 330 g/mol. The minimum atomic E-state index is -3.76. The molecule has 0 spiro atoms. The largest absolute Gasteiger partial charge is 0.380 e. The van der Waals surface area contributed by atoms with Crippen LogP contribution < -0.4 is 10.5 Å². The van der Waals surface area contributed by atoms with E-state index in [1.54, 1.807) is 12.1 Å². The molecule has 0 heterocycles. The average molecular weight is 342 g/mol. The fourth-order valence-corrected chi connectivity index (χ4v) is 2.62. The Labute approximate surface area is 131 Å². The molecule has 0 aliphatic rings. The van der Waals surface area contributed by atoms with Crippen molar-refractivity contribution in [2.45, 2.75) is 11.4 Å². The predicted molar refractivity (Wildman–Crippen MR) is 83.2 cm³/mol. The van der Waals surface area contributed by atoms with Crippen molar-refractivity contribution in [2.75, 3.05) is 5.32 Å². The topological polar surface area (TPSA) is 115 Å². The molecule has 22 heavy (non-hydrogen) atoms. The van der Waals surface area contributed by atoms with Crippen LogP contribution in [-0.2, 0) is 16.6 Å². The van der Waals surface area contributed by atoms with E-state index in [0.29, 0.717) is 17.8 Å². The Morgan fingerprint density at radius 3 is 2.55 bits per heavy atom. The standard InChI is InChI=1S/C13H12ClN3O4S/c14-12-7-10(17(18)19)4-5-13(12)16-8-9-2-1-3-11(6-9)22(15,20)21/h1-7,16H,8H2,(H2,15,20,21). The first-order valence-corrected chi connectivity index (χ1v) is 7.99. The zero-order chi connectivity index (χ0) is 16.3. The molecule has 0 saturated carbocycles. The summed E-state index contributed by atoms with van der Waals surface area (Å²) in [6, 6.07) is 10.2. The number of primary sulfonamides is 1. The van der Waals surface area contributed by atoms with Crippen molar-refractivity contribution in [3.8, 4) is 0 Å². The van der Waals surface area contributed by atoms with Crippen LogP contribution in [0.3, 0.4) is 0 Å². The molecule has 7 nitrogen and oxygen atoms in total. The molecule has 0 unspecified atom stereocenters. The second kappa shape index (κ2) is 6.30. The second-order valence-corrected chi connectivity index (χ2v) is 6.44. The van der Waals surface area contributed by atoms with Crippen LogP contribution in [0, 0.1) is 10.1 Å². The first kappa shape index (κ1) is 16.2. The fourth-order valence-electron chi connectivity index (χ4n) is 1.79. The number of nitro benzene ring substituents is 1. The lowest BCUT2D eigenvalue weighted by Gasteiger charge is -2.09. The minimum Gasteiger partial charge on any atom is -0.380 e. The lowest BCUT2D eigenvalue weighted by Crippen LogP contribution is -2.12. The van der Waals surface area contributed by atoms with Crippen LogP contribution in [0.5, 0.6) is 0 Å². The molecule has 2 aromatic carbocycles. The van der Waals surface area contributed by atoms with Gasteiger partial charge in [0.1, 0.15) is 0 Å². The van der Waals surface area contributed by atoms with E-state index in [4.69, 9.17) is 16.7 Å². The van der Waals surface area contributed by atoms with Crippen LogP contribution in [0.1, 0.15) is 5.56 Å². The maximum Gasteiger partial charge on any atom is 0.271 e. The average Bonchev–Trinajstić information content (AvgIpc) is 2.45. The molecule has 2 aromatic rings. The van der Waals surface area contributed by atoms with Crippen molar-refractivity contribution in [1.29, 1.82) is 0 Å². The number of sulfonamides is 1. The Morgan fingerprint density at radius 2 is 1.95 bits per heavy atom. The predicted octanol–water partition coefficient (Wildman–Crippen LogP) is 2.51. The quantitative estimate of drug-likeness (QED) is 0.640. The molecule has 0 fully saturated rings. The third kappa shape index (κ3) is 3.94. The second-order valence-electron chi connectivity index (χ2n) is 4.47. The third-order valence-electron chi connectivity index (χ3n) is 2.87. The molecule has 0 aliphatic carbocycles. The summed E-state index contributed by atoms with van der Waals surface area (Å²) in [5, 5.41) is 18.9. The summed E-state index contributed by atoms with van der Waals surface area (Å²) in [4.78, 5) is 10.1. The first-order chi connectivity index (χ1) is 10.3. The zero-order valence-corrected chi connectivity index (χ0v) is 12.8. The highest BCUT2D eigenvalue weighted by Gasteiger charge is 2.10. The van der Waals surface area contributed by atoms with Gasteiger partial charge < -0.3 is 5.32 Å². The van der Waals surface area contributed by atoms with E-state index in [0.717, 1.165) is 0 Å². The van der Waals surface area contributed by atoms with Crippen LogP contribution in [0.25, 0.3) is 0 Å². The molecule has 0 radical (unpaired) electrons. The van der Waals surface area contributed by atoms with E-state index in [-0.39, 0.29) is 15.6 Å². The molecule has 9 heteroatoms. The lowest BCUT2D eigenvalue weighted by atomic mass is 10.2. The van der Waals surface area contributed by atoms with E-state index in [1.807, 2.05) is 0 Å². The number of nitrogens with one attached hydrogen (secondary N) is 1. The van der Waals surface area contributed by atoms with Gasteiger partial charge in [-0.25, -0.2) is 13.6 Å². The molecule has 2 rings (SSSR count). The van der Waals surface area contributed by atoms with Gasteiger partial charge in [-0.15, -0.1) is 0 Å². The molecule has 0 aromatic heterocycles. The van der Waals surface area contributed by atoms with Gasteiger partial charge in [-0.3, -0.25) is 10.1 Å². The number of hydrogen-bond donors (Lipinski definition) is 2. The van der Waals surface area contributed by atoms with Crippen LogP contribution in [0.2, 0.25) is 5.02 Å². The Hall–Kier alpha value is -2.16. The summed E-state index contributed by atoms with van der Waals surface area (Å²) in [5.41, 5.74) is 1.08. The number of nitrogens with zero attached hydrogens (tertiary/aromatic N) is 1. The van der Waals surface area contributed by atoms with Gasteiger partial charge in [-0.2, -0.15) is 0 Å². The molecule has 0 bridgehead atoms. The summed E-state index contributed by atoms with van der Waals surface area (Å²) in [5.74, 6) is 0. The van der Waals surface area contributed by atoms with Gasteiger partial charge in [0.05, 0.1) is 20.5 Å². The number of halogens is 1. The Bertz CT molecular complexity index is 824. The van der Waals surface area contributed by atoms with Crippen LogP contribution in [0.4, 0.5) is 11.4 Å². The highest BCUT2D eigenvalue weighted by Crippen LogP contribution is 2.27. The van der Waals surface area contributed by atoms with Gasteiger partial charge in [0.25, 0.3) is 5.69 Å². The van der Waals surface area contributed by atoms with E-state index in [2.05, 4.69) is 5.32 Å². The number of anilines is 1. The number of hydrogen-bond acceptors (Lipinski definition) is 5. The molecule has 0 saturated heterocycles. The van der Waals surface area contributed by atoms with Gasteiger partial charge in [-0.1, -0.05) is 23.7 Å².